The summed E-state index contributed by atoms with van der Waals surface area (Å²) in [7, 11) is 0. The van der Waals surface area contributed by atoms with Crippen molar-refractivity contribution >= 4 is 78.8 Å². The summed E-state index contributed by atoms with van der Waals surface area (Å²) in [5, 5.41) is 4.07. The molecule has 0 fully saturated rings. The molecule has 0 aliphatic heterocycles. The van der Waals surface area contributed by atoms with Gasteiger partial charge in [-0.25, -0.2) is 0 Å². The third-order valence-corrected chi connectivity index (χ3v) is 8.23. The molecule has 0 radical (unpaired) electrons. The number of hydrogen-bond donors (Lipinski definition) is 0. The van der Waals surface area contributed by atoms with Crippen LogP contribution >= 0.6 is 44.3 Å². The summed E-state index contributed by atoms with van der Waals surface area (Å²) >= 11 is 25.7. The summed E-state index contributed by atoms with van der Waals surface area (Å²) in [5.41, 5.74) is 0. The summed E-state index contributed by atoms with van der Waals surface area (Å²) in [6.07, 6.45) is 0. The van der Waals surface area contributed by atoms with Crippen LogP contribution in [-0.4, -0.2) is 13.4 Å². The van der Waals surface area contributed by atoms with E-state index in [4.69, 9.17) is 44.3 Å². The van der Waals surface area contributed by atoms with Gasteiger partial charge in [-0.15, -0.1) is 44.3 Å². The monoisotopic (exact) mass is 352 g/mol. The Labute approximate surface area is 128 Å². The minimum absolute atomic E-state index is 0.934. The first-order chi connectivity index (χ1) is 8.21. The van der Waals surface area contributed by atoms with Crippen molar-refractivity contribution in [2.45, 2.75) is 13.1 Å². The largest absolute Gasteiger partial charge is 0.278 e. The van der Waals surface area contributed by atoms with Crippen molar-refractivity contribution in [2.24, 2.45) is 0 Å². The number of fused-ring (bicyclic) bond motifs is 1. The molecule has 2 aromatic carbocycles. The maximum atomic E-state index is 6.46. The van der Waals surface area contributed by atoms with Crippen molar-refractivity contribution < 1.29 is 0 Å². The van der Waals surface area contributed by atoms with E-state index in [2.05, 4.69) is 0 Å². The van der Waals surface area contributed by atoms with Gasteiger partial charge in [0.15, 0.2) is 0 Å². The van der Waals surface area contributed by atoms with E-state index in [1.165, 1.54) is 0 Å². The molecule has 2 aromatic rings. The van der Waals surface area contributed by atoms with Gasteiger partial charge in [-0.2, -0.15) is 0 Å². The van der Waals surface area contributed by atoms with Crippen molar-refractivity contribution in [2.75, 3.05) is 0 Å². The molecule has 2 rings (SSSR count). The maximum Gasteiger partial charge on any atom is 0.278 e. The molecule has 0 heterocycles. The fraction of sp³-hybridized carbons (Fsp3) is 0.167. The van der Waals surface area contributed by atoms with Crippen LogP contribution in [0, 0.1) is 0 Å². The van der Waals surface area contributed by atoms with Crippen molar-refractivity contribution in [3.05, 3.63) is 36.4 Å². The van der Waals surface area contributed by atoms with Gasteiger partial charge in [0.1, 0.15) is 0 Å². The van der Waals surface area contributed by atoms with E-state index in [9.17, 15) is 0 Å². The average molecular weight is 354 g/mol. The molecule has 18 heavy (non-hydrogen) atoms. The van der Waals surface area contributed by atoms with E-state index in [0.717, 1.165) is 21.1 Å². The predicted octanol–water partition coefficient (Wildman–Crippen LogP) is 4.35. The Kier molecular flexibility index (Phi) is 4.09. The zero-order chi connectivity index (χ0) is 13.6. The van der Waals surface area contributed by atoms with Gasteiger partial charge in [0.25, 0.3) is 13.4 Å². The van der Waals surface area contributed by atoms with E-state index in [0.29, 0.717) is 0 Å². The van der Waals surface area contributed by atoms with Crippen LogP contribution in [0.2, 0.25) is 13.1 Å². The normalized spacial score (nSPS) is 13.0. The highest BCUT2D eigenvalue weighted by molar-refractivity contribution is 7.55. The summed E-state index contributed by atoms with van der Waals surface area (Å²) in [4.78, 5) is 0. The Morgan fingerprint density at radius 2 is 1.39 bits per heavy atom. The molecule has 0 spiro atoms. The molecule has 0 bridgehead atoms. The second-order valence-corrected chi connectivity index (χ2v) is 19.3. The molecule has 6 heteroatoms. The van der Waals surface area contributed by atoms with E-state index in [1.807, 2.05) is 49.5 Å². The number of rotatable bonds is 2. The van der Waals surface area contributed by atoms with Gasteiger partial charge in [0.05, 0.1) is 0 Å². The molecule has 0 N–H and O–H groups in total. The molecule has 96 valence electrons. The molecule has 0 nitrogen and oxygen atoms in total. The summed E-state index contributed by atoms with van der Waals surface area (Å²) < 4.78 is 0. The highest BCUT2D eigenvalue weighted by atomic mass is 35.7. The minimum Gasteiger partial charge on any atom is -0.140 e. The highest BCUT2D eigenvalue weighted by Gasteiger charge is 2.36. The van der Waals surface area contributed by atoms with Crippen molar-refractivity contribution in [3.8, 4) is 0 Å². The molecule has 0 aromatic heterocycles. The van der Waals surface area contributed by atoms with Crippen LogP contribution < -0.4 is 10.4 Å². The maximum absolute atomic E-state index is 6.46. The first-order valence-electron chi connectivity index (χ1n) is 5.49. The Morgan fingerprint density at radius 1 is 0.778 bits per heavy atom. The molecular formula is C12H12Cl4Si2. The van der Waals surface area contributed by atoms with Crippen LogP contribution in [-0.2, 0) is 0 Å². The number of benzene rings is 2. The number of hydrogen-bond acceptors (Lipinski definition) is 0. The van der Waals surface area contributed by atoms with Gasteiger partial charge in [0, 0.05) is 0 Å². The zero-order valence-electron chi connectivity index (χ0n) is 9.98. The summed E-state index contributed by atoms with van der Waals surface area (Å²) in [5.74, 6) is 0. The first kappa shape index (κ1) is 14.7. The molecule has 0 amide bonds. The molecule has 0 aliphatic rings. The van der Waals surface area contributed by atoms with E-state index in [1.54, 1.807) is 0 Å². The molecule has 0 saturated carbocycles. The molecule has 0 saturated heterocycles. The van der Waals surface area contributed by atoms with Crippen LogP contribution in [0.25, 0.3) is 10.8 Å². The predicted molar refractivity (Wildman–Crippen MR) is 89.9 cm³/mol. The minimum atomic E-state index is -2.54. The van der Waals surface area contributed by atoms with Crippen molar-refractivity contribution in [1.82, 2.24) is 0 Å². The zero-order valence-corrected chi connectivity index (χ0v) is 15.0. The lowest BCUT2D eigenvalue weighted by Crippen LogP contribution is -2.52. The second kappa shape index (κ2) is 5.00. The van der Waals surface area contributed by atoms with Crippen molar-refractivity contribution in [1.29, 1.82) is 0 Å². The summed E-state index contributed by atoms with van der Waals surface area (Å²) in [6.45, 7) is -1.28. The molecular weight excluding hydrogens is 342 g/mol. The molecule has 0 unspecified atom stereocenters. The summed E-state index contributed by atoms with van der Waals surface area (Å²) in [6, 6.07) is 12.0. The van der Waals surface area contributed by atoms with Gasteiger partial charge in [-0.1, -0.05) is 36.4 Å². The Hall–Kier alpha value is 0.294. The molecule has 0 atom stereocenters. The Balaban J connectivity index is 2.89. The van der Waals surface area contributed by atoms with Crippen LogP contribution in [0.5, 0.6) is 0 Å². The average Bonchev–Trinajstić information content (AvgIpc) is 2.24. The van der Waals surface area contributed by atoms with Gasteiger partial charge < -0.3 is 0 Å². The van der Waals surface area contributed by atoms with Gasteiger partial charge >= 0.3 is 0 Å². The topological polar surface area (TPSA) is 0 Å². The van der Waals surface area contributed by atoms with E-state index < -0.39 is 13.4 Å². The molecule has 0 aliphatic carbocycles. The number of halogens is 4. The SMILES string of the molecule is C[Si](Cl)(Cl)c1ccc2ccccc2c1[Si](C)(Cl)Cl. The third kappa shape index (κ3) is 2.89. The van der Waals surface area contributed by atoms with Gasteiger partial charge in [0.2, 0.25) is 0 Å². The smallest absolute Gasteiger partial charge is 0.140 e. The quantitative estimate of drug-likeness (QED) is 0.556. The van der Waals surface area contributed by atoms with E-state index >= 15 is 0 Å². The first-order valence-corrected chi connectivity index (χ1v) is 14.5. The van der Waals surface area contributed by atoms with E-state index in [-0.39, 0.29) is 0 Å². The lowest BCUT2D eigenvalue weighted by Gasteiger charge is -2.23. The van der Waals surface area contributed by atoms with Crippen LogP contribution in [0.15, 0.2) is 36.4 Å². The second-order valence-electron chi connectivity index (χ2n) is 4.49. The standard InChI is InChI=1S/C12H12Cl4Si2/c1-17(13,14)11-8-7-9-5-3-4-6-10(9)12(11)18(2,15)16/h3-8H,1-2H3. The third-order valence-electron chi connectivity index (χ3n) is 2.84. The van der Waals surface area contributed by atoms with Crippen molar-refractivity contribution in [3.63, 3.8) is 0 Å². The van der Waals surface area contributed by atoms with Gasteiger partial charge in [-0.05, 0) is 34.2 Å². The van der Waals surface area contributed by atoms with Gasteiger partial charge in [-0.3, -0.25) is 0 Å². The lowest BCUT2D eigenvalue weighted by atomic mass is 10.1. The van der Waals surface area contributed by atoms with Crippen LogP contribution in [0.3, 0.4) is 0 Å². The van der Waals surface area contributed by atoms with Crippen LogP contribution in [0.4, 0.5) is 0 Å². The lowest BCUT2D eigenvalue weighted by molar-refractivity contribution is 1.79. The van der Waals surface area contributed by atoms with Crippen LogP contribution in [0.1, 0.15) is 0 Å². The fourth-order valence-corrected chi connectivity index (χ4v) is 8.93. The highest BCUT2D eigenvalue weighted by Crippen LogP contribution is 2.24. The Bertz CT molecular complexity index is 585. The Morgan fingerprint density at radius 3 is 1.94 bits per heavy atom. The fourth-order valence-electron chi connectivity index (χ4n) is 2.11.